The smallest absolute Gasteiger partial charge is 0.221 e. The molecule has 1 saturated heterocycles. The second-order valence-corrected chi connectivity index (χ2v) is 6.10. The van der Waals surface area contributed by atoms with E-state index in [-0.39, 0.29) is 5.91 Å². The monoisotopic (exact) mass is 290 g/mol. The second kappa shape index (κ2) is 7.02. The summed E-state index contributed by atoms with van der Waals surface area (Å²) in [4.78, 5) is 13.3. The lowest BCUT2D eigenvalue weighted by Crippen LogP contribution is -2.35. The minimum Gasteiger partial charge on any atom is -0.326 e. The molecule has 0 aliphatic carbocycles. The minimum absolute atomic E-state index is 0.0379. The fraction of sp³-hybridized carbons (Fsp3) is 0.562. The first-order valence-corrected chi connectivity index (χ1v) is 7.52. The lowest BCUT2D eigenvalue weighted by Gasteiger charge is -2.25. The maximum atomic E-state index is 11.0. The van der Waals surface area contributed by atoms with Crippen LogP contribution in [-0.2, 0) is 11.3 Å². The lowest BCUT2D eigenvalue weighted by molar-refractivity contribution is -0.114. The minimum atomic E-state index is -0.0379. The molecule has 1 fully saturated rings. The molecule has 1 aromatic carbocycles. The van der Waals surface area contributed by atoms with Crippen molar-refractivity contribution in [2.24, 2.45) is 5.92 Å². The van der Waals surface area contributed by atoms with Crippen molar-refractivity contribution in [3.63, 3.8) is 0 Å². The van der Waals surface area contributed by atoms with Crippen LogP contribution in [0, 0.1) is 5.92 Å². The molecule has 0 spiro atoms. The van der Waals surface area contributed by atoms with Gasteiger partial charge in [-0.2, -0.15) is 0 Å². The molecule has 0 saturated carbocycles. The van der Waals surface area contributed by atoms with E-state index in [9.17, 15) is 4.79 Å². The Morgan fingerprint density at radius 3 is 2.29 bits per heavy atom. The van der Waals surface area contributed by atoms with Crippen LogP contribution in [0.3, 0.4) is 0 Å². The number of hydrazine groups is 1. The summed E-state index contributed by atoms with van der Waals surface area (Å²) in [6, 6.07) is 9.02. The number of hydrogen-bond donors (Lipinski definition) is 3. The number of carbonyl (C=O) groups excluding carboxylic acids is 1. The Balaban J connectivity index is 1.87. The zero-order chi connectivity index (χ0) is 15.4. The van der Waals surface area contributed by atoms with Crippen molar-refractivity contribution in [2.45, 2.75) is 39.4 Å². The van der Waals surface area contributed by atoms with Crippen molar-refractivity contribution in [1.29, 1.82) is 0 Å². The summed E-state index contributed by atoms with van der Waals surface area (Å²) in [5, 5.41) is 2.79. The van der Waals surface area contributed by atoms with E-state index in [1.807, 2.05) is 12.1 Å². The van der Waals surface area contributed by atoms with Gasteiger partial charge in [0.25, 0.3) is 0 Å². The van der Waals surface area contributed by atoms with Gasteiger partial charge < -0.3 is 10.2 Å². The molecule has 3 N–H and O–H groups in total. The topological polar surface area (TPSA) is 56.4 Å². The first kappa shape index (κ1) is 15.9. The van der Waals surface area contributed by atoms with Gasteiger partial charge in [0.05, 0.1) is 0 Å². The Hall–Kier alpha value is -1.43. The van der Waals surface area contributed by atoms with Gasteiger partial charge in [0.2, 0.25) is 5.91 Å². The fourth-order valence-electron chi connectivity index (χ4n) is 2.86. The molecule has 2 atom stereocenters. The number of nitrogens with one attached hydrogen (secondary N) is 3. The Morgan fingerprint density at radius 1 is 1.19 bits per heavy atom. The van der Waals surface area contributed by atoms with Crippen molar-refractivity contribution < 1.29 is 4.79 Å². The van der Waals surface area contributed by atoms with E-state index >= 15 is 0 Å². The van der Waals surface area contributed by atoms with Gasteiger partial charge in [-0.1, -0.05) is 12.1 Å². The maximum absolute atomic E-state index is 11.0. The van der Waals surface area contributed by atoms with Crippen molar-refractivity contribution in [3.05, 3.63) is 29.8 Å². The van der Waals surface area contributed by atoms with Crippen molar-refractivity contribution in [3.8, 4) is 0 Å². The molecule has 0 aromatic heterocycles. The molecule has 5 heteroatoms. The van der Waals surface area contributed by atoms with Crippen LogP contribution in [0.2, 0.25) is 0 Å². The van der Waals surface area contributed by atoms with Crippen LogP contribution in [0.1, 0.15) is 26.3 Å². The summed E-state index contributed by atoms with van der Waals surface area (Å²) >= 11 is 0. The SMILES string of the molecule is CC(=O)Nc1ccc(CN(C)CC2C(C)NNC2C)cc1. The van der Waals surface area contributed by atoms with Gasteiger partial charge in [0, 0.05) is 43.7 Å². The van der Waals surface area contributed by atoms with Gasteiger partial charge in [-0.15, -0.1) is 0 Å². The predicted molar refractivity (Wildman–Crippen MR) is 85.8 cm³/mol. The molecule has 0 radical (unpaired) electrons. The highest BCUT2D eigenvalue weighted by molar-refractivity contribution is 5.88. The van der Waals surface area contributed by atoms with Crippen LogP contribution < -0.4 is 16.2 Å². The van der Waals surface area contributed by atoms with Crippen LogP contribution in [0.4, 0.5) is 5.69 Å². The summed E-state index contributed by atoms with van der Waals surface area (Å²) in [5.41, 5.74) is 8.70. The number of rotatable bonds is 5. The van der Waals surface area contributed by atoms with E-state index in [0.29, 0.717) is 18.0 Å². The number of benzene rings is 1. The average molecular weight is 290 g/mol. The third-order valence-electron chi connectivity index (χ3n) is 4.07. The Bertz CT molecular complexity index is 464. The van der Waals surface area contributed by atoms with Crippen LogP contribution in [0.15, 0.2) is 24.3 Å². The van der Waals surface area contributed by atoms with Gasteiger partial charge in [0.1, 0.15) is 0 Å². The van der Waals surface area contributed by atoms with Crippen LogP contribution in [-0.4, -0.2) is 36.5 Å². The highest BCUT2D eigenvalue weighted by Gasteiger charge is 2.30. The van der Waals surface area contributed by atoms with Gasteiger partial charge in [-0.25, -0.2) is 0 Å². The third kappa shape index (κ3) is 4.52. The number of amides is 1. The average Bonchev–Trinajstić information content (AvgIpc) is 2.72. The largest absolute Gasteiger partial charge is 0.326 e. The van der Waals surface area contributed by atoms with E-state index < -0.39 is 0 Å². The van der Waals surface area contributed by atoms with E-state index in [2.05, 4.69) is 54.1 Å². The molecule has 0 bridgehead atoms. The molecular formula is C16H26N4O. The number of carbonyl (C=O) groups is 1. The number of anilines is 1. The van der Waals surface area contributed by atoms with E-state index in [1.54, 1.807) is 0 Å². The molecular weight excluding hydrogens is 264 g/mol. The lowest BCUT2D eigenvalue weighted by atomic mass is 9.96. The molecule has 1 amide bonds. The molecule has 21 heavy (non-hydrogen) atoms. The summed E-state index contributed by atoms with van der Waals surface area (Å²) in [7, 11) is 2.15. The summed E-state index contributed by atoms with van der Waals surface area (Å²) < 4.78 is 0. The molecule has 1 aliphatic heterocycles. The van der Waals surface area contributed by atoms with Crippen molar-refractivity contribution >= 4 is 11.6 Å². The molecule has 1 aliphatic rings. The van der Waals surface area contributed by atoms with Crippen LogP contribution >= 0.6 is 0 Å². The fourth-order valence-corrected chi connectivity index (χ4v) is 2.86. The van der Waals surface area contributed by atoms with E-state index in [4.69, 9.17) is 0 Å². The van der Waals surface area contributed by atoms with Crippen LogP contribution in [0.25, 0.3) is 0 Å². The Labute approximate surface area is 127 Å². The summed E-state index contributed by atoms with van der Waals surface area (Å²) in [6.07, 6.45) is 0. The zero-order valence-electron chi connectivity index (χ0n) is 13.3. The quantitative estimate of drug-likeness (QED) is 0.770. The third-order valence-corrected chi connectivity index (χ3v) is 4.07. The highest BCUT2D eigenvalue weighted by Crippen LogP contribution is 2.17. The Kier molecular flexibility index (Phi) is 5.33. The standard InChI is InChI=1S/C16H26N4O/c1-11-16(12(2)19-18-11)10-20(4)9-14-5-7-15(8-6-14)17-13(3)21/h5-8,11-12,16,18-19H,9-10H2,1-4H3,(H,17,21). The molecule has 1 heterocycles. The van der Waals surface area contributed by atoms with Crippen LogP contribution in [0.5, 0.6) is 0 Å². The van der Waals surface area contributed by atoms with Gasteiger partial charge in [-0.3, -0.25) is 15.6 Å². The molecule has 2 unspecified atom stereocenters. The molecule has 1 aromatic rings. The first-order chi connectivity index (χ1) is 9.95. The van der Waals surface area contributed by atoms with Gasteiger partial charge in [-0.05, 0) is 38.6 Å². The Morgan fingerprint density at radius 2 is 1.76 bits per heavy atom. The second-order valence-electron chi connectivity index (χ2n) is 6.10. The first-order valence-electron chi connectivity index (χ1n) is 7.52. The van der Waals surface area contributed by atoms with E-state index in [1.165, 1.54) is 12.5 Å². The zero-order valence-corrected chi connectivity index (χ0v) is 13.3. The van der Waals surface area contributed by atoms with E-state index in [0.717, 1.165) is 18.8 Å². The normalized spacial score (nSPS) is 25.3. The van der Waals surface area contributed by atoms with Gasteiger partial charge in [0.15, 0.2) is 0 Å². The summed E-state index contributed by atoms with van der Waals surface area (Å²) in [6.45, 7) is 7.92. The highest BCUT2D eigenvalue weighted by atomic mass is 16.1. The van der Waals surface area contributed by atoms with Crippen molar-refractivity contribution in [2.75, 3.05) is 18.9 Å². The van der Waals surface area contributed by atoms with Crippen molar-refractivity contribution in [1.82, 2.24) is 15.8 Å². The number of hydrogen-bond acceptors (Lipinski definition) is 4. The molecule has 2 rings (SSSR count). The molecule has 5 nitrogen and oxygen atoms in total. The van der Waals surface area contributed by atoms with Gasteiger partial charge >= 0.3 is 0 Å². The number of nitrogens with zero attached hydrogens (tertiary/aromatic N) is 1. The maximum Gasteiger partial charge on any atom is 0.221 e. The predicted octanol–water partition coefficient (Wildman–Crippen LogP) is 1.58. The summed E-state index contributed by atoms with van der Waals surface area (Å²) in [5.74, 6) is 0.567. The molecule has 116 valence electrons.